The van der Waals surface area contributed by atoms with Crippen molar-refractivity contribution in [1.29, 1.82) is 0 Å². The molecular formula is C28H28FN5O3. The molecule has 1 aliphatic heterocycles. The second kappa shape index (κ2) is 11.3. The molecule has 1 fully saturated rings. The maximum atomic E-state index is 13.8. The van der Waals surface area contributed by atoms with Gasteiger partial charge >= 0.3 is 0 Å². The summed E-state index contributed by atoms with van der Waals surface area (Å²) < 4.78 is 21.2. The molecule has 2 heterocycles. The van der Waals surface area contributed by atoms with Crippen LogP contribution in [0.1, 0.15) is 30.0 Å². The molecule has 0 radical (unpaired) electrons. The molecule has 1 saturated heterocycles. The fourth-order valence-electron chi connectivity index (χ4n) is 4.61. The number of nitrogens with one attached hydrogen (secondary N) is 1. The largest absolute Gasteiger partial charge is 0.376 e. The number of fused-ring (bicyclic) bond motifs is 1. The minimum atomic E-state index is -0.976. The van der Waals surface area contributed by atoms with E-state index in [0.717, 1.165) is 23.9 Å². The molecule has 1 aromatic heterocycles. The maximum absolute atomic E-state index is 13.8. The van der Waals surface area contributed by atoms with E-state index in [1.165, 1.54) is 21.7 Å². The van der Waals surface area contributed by atoms with Gasteiger partial charge in [-0.25, -0.2) is 9.07 Å². The van der Waals surface area contributed by atoms with Crippen LogP contribution in [-0.4, -0.2) is 51.0 Å². The molecule has 0 spiro atoms. The monoisotopic (exact) mass is 501 g/mol. The lowest BCUT2D eigenvalue weighted by Crippen LogP contribution is -2.47. The van der Waals surface area contributed by atoms with Crippen molar-refractivity contribution < 1.29 is 18.7 Å². The first-order valence-electron chi connectivity index (χ1n) is 12.3. The van der Waals surface area contributed by atoms with Crippen LogP contribution in [0.25, 0.3) is 11.0 Å². The van der Waals surface area contributed by atoms with Crippen LogP contribution in [0.5, 0.6) is 0 Å². The Labute approximate surface area is 214 Å². The van der Waals surface area contributed by atoms with Gasteiger partial charge in [0.2, 0.25) is 11.8 Å². The topological polar surface area (TPSA) is 89.4 Å². The SMILES string of the molecule is O=C(NCc1ccccc1)[C@@H](c1ccc(F)cc1)N(C[C@H]1CCCO1)C(=O)Cn1nnc2ccccc21. The van der Waals surface area contributed by atoms with Gasteiger partial charge in [0.05, 0.1) is 11.6 Å². The summed E-state index contributed by atoms with van der Waals surface area (Å²) in [7, 11) is 0. The van der Waals surface area contributed by atoms with Crippen LogP contribution < -0.4 is 5.32 Å². The fraction of sp³-hybridized carbons (Fsp3) is 0.286. The molecule has 2 amide bonds. The summed E-state index contributed by atoms with van der Waals surface area (Å²) >= 11 is 0. The summed E-state index contributed by atoms with van der Waals surface area (Å²) in [6.45, 7) is 1.04. The lowest BCUT2D eigenvalue weighted by Gasteiger charge is -2.33. The predicted octanol–water partition coefficient (Wildman–Crippen LogP) is 3.64. The summed E-state index contributed by atoms with van der Waals surface area (Å²) in [5, 5.41) is 11.3. The van der Waals surface area contributed by atoms with E-state index in [9.17, 15) is 14.0 Å². The standard InChI is InChI=1S/C28H28FN5O3/c29-22-14-12-21(13-15-22)27(28(36)30-17-20-7-2-1-3-8-20)33(18-23-9-6-16-37-23)26(35)19-34-25-11-5-4-10-24(25)31-32-34/h1-5,7-8,10-15,23,27H,6,9,16-19H2,(H,30,36)/t23-,27-/m1/s1. The van der Waals surface area contributed by atoms with Crippen molar-refractivity contribution >= 4 is 22.8 Å². The molecule has 2 atom stereocenters. The Morgan fingerprint density at radius 2 is 1.81 bits per heavy atom. The Morgan fingerprint density at radius 3 is 2.57 bits per heavy atom. The summed E-state index contributed by atoms with van der Waals surface area (Å²) in [4.78, 5) is 29.0. The van der Waals surface area contributed by atoms with Crippen LogP contribution in [-0.2, 0) is 27.4 Å². The van der Waals surface area contributed by atoms with E-state index in [2.05, 4.69) is 15.6 Å². The molecule has 1 aliphatic rings. The van der Waals surface area contributed by atoms with E-state index < -0.39 is 11.9 Å². The molecule has 8 nitrogen and oxygen atoms in total. The van der Waals surface area contributed by atoms with Gasteiger partial charge in [0, 0.05) is 19.7 Å². The van der Waals surface area contributed by atoms with Crippen molar-refractivity contribution in [2.24, 2.45) is 0 Å². The predicted molar refractivity (Wildman–Crippen MR) is 136 cm³/mol. The molecule has 0 bridgehead atoms. The number of benzene rings is 3. The number of ether oxygens (including phenoxy) is 1. The molecule has 0 saturated carbocycles. The highest BCUT2D eigenvalue weighted by atomic mass is 19.1. The number of aromatic nitrogens is 3. The molecule has 3 aromatic carbocycles. The normalized spacial score (nSPS) is 16.0. The Balaban J connectivity index is 1.46. The Kier molecular flexibility index (Phi) is 7.51. The molecule has 4 aromatic rings. The zero-order valence-electron chi connectivity index (χ0n) is 20.3. The number of nitrogens with zero attached hydrogens (tertiary/aromatic N) is 4. The average molecular weight is 502 g/mol. The van der Waals surface area contributed by atoms with Crippen LogP contribution in [0, 0.1) is 5.82 Å². The number of halogens is 1. The van der Waals surface area contributed by atoms with E-state index in [1.54, 1.807) is 12.1 Å². The third-order valence-electron chi connectivity index (χ3n) is 6.51. The highest BCUT2D eigenvalue weighted by Gasteiger charge is 2.34. The first kappa shape index (κ1) is 24.6. The van der Waals surface area contributed by atoms with Crippen molar-refractivity contribution in [2.75, 3.05) is 13.2 Å². The van der Waals surface area contributed by atoms with Gasteiger partial charge < -0.3 is 15.0 Å². The quantitative estimate of drug-likeness (QED) is 0.378. The molecular weight excluding hydrogens is 473 g/mol. The van der Waals surface area contributed by atoms with Gasteiger partial charge in [-0.05, 0) is 48.2 Å². The number of amides is 2. The lowest BCUT2D eigenvalue weighted by molar-refractivity contribution is -0.143. The van der Waals surface area contributed by atoms with E-state index in [-0.39, 0.29) is 31.0 Å². The van der Waals surface area contributed by atoms with Gasteiger partial charge in [0.25, 0.3) is 0 Å². The Morgan fingerprint density at radius 1 is 1.05 bits per heavy atom. The Bertz CT molecular complexity index is 1350. The third-order valence-corrected chi connectivity index (χ3v) is 6.51. The Hall–Kier alpha value is -4.11. The highest BCUT2D eigenvalue weighted by molar-refractivity contribution is 5.89. The molecule has 5 rings (SSSR count). The molecule has 0 aliphatic carbocycles. The van der Waals surface area contributed by atoms with Crippen LogP contribution in [0.4, 0.5) is 4.39 Å². The van der Waals surface area contributed by atoms with Crippen LogP contribution >= 0.6 is 0 Å². The van der Waals surface area contributed by atoms with Gasteiger partial charge in [-0.15, -0.1) is 5.10 Å². The maximum Gasteiger partial charge on any atom is 0.247 e. The minimum absolute atomic E-state index is 0.100. The average Bonchev–Trinajstić information content (AvgIpc) is 3.59. The van der Waals surface area contributed by atoms with Crippen molar-refractivity contribution in [1.82, 2.24) is 25.2 Å². The van der Waals surface area contributed by atoms with Crippen molar-refractivity contribution in [2.45, 2.75) is 38.1 Å². The summed E-state index contributed by atoms with van der Waals surface area (Å²) in [5.74, 6) is -1.08. The number of carbonyl (C=O) groups is 2. The van der Waals surface area contributed by atoms with Crippen LogP contribution in [0.3, 0.4) is 0 Å². The molecule has 37 heavy (non-hydrogen) atoms. The molecule has 9 heteroatoms. The lowest BCUT2D eigenvalue weighted by atomic mass is 10.0. The fourth-order valence-corrected chi connectivity index (χ4v) is 4.61. The first-order chi connectivity index (χ1) is 18.1. The number of hydrogen-bond donors (Lipinski definition) is 1. The van der Waals surface area contributed by atoms with E-state index in [1.807, 2.05) is 54.6 Å². The van der Waals surface area contributed by atoms with Gasteiger partial charge in [-0.3, -0.25) is 9.59 Å². The van der Waals surface area contributed by atoms with E-state index >= 15 is 0 Å². The van der Waals surface area contributed by atoms with Crippen molar-refractivity contribution in [3.8, 4) is 0 Å². The molecule has 190 valence electrons. The number of carbonyl (C=O) groups excluding carboxylic acids is 2. The van der Waals surface area contributed by atoms with Crippen molar-refractivity contribution in [3.05, 3.63) is 95.8 Å². The smallest absolute Gasteiger partial charge is 0.247 e. The van der Waals surface area contributed by atoms with Gasteiger partial charge in [-0.2, -0.15) is 0 Å². The van der Waals surface area contributed by atoms with Gasteiger partial charge in [0.1, 0.15) is 23.9 Å². The van der Waals surface area contributed by atoms with Gasteiger partial charge in [0.15, 0.2) is 0 Å². The zero-order valence-corrected chi connectivity index (χ0v) is 20.3. The number of hydrogen-bond acceptors (Lipinski definition) is 5. The number of rotatable bonds is 9. The first-order valence-corrected chi connectivity index (χ1v) is 12.3. The zero-order chi connectivity index (χ0) is 25.6. The summed E-state index contributed by atoms with van der Waals surface area (Å²) in [6, 6.07) is 21.6. The summed E-state index contributed by atoms with van der Waals surface area (Å²) in [6.07, 6.45) is 1.49. The summed E-state index contributed by atoms with van der Waals surface area (Å²) in [5.41, 5.74) is 2.85. The van der Waals surface area contributed by atoms with Gasteiger partial charge in [-0.1, -0.05) is 59.8 Å². The highest BCUT2D eigenvalue weighted by Crippen LogP contribution is 2.26. The molecule has 0 unspecified atom stereocenters. The van der Waals surface area contributed by atoms with E-state index in [0.29, 0.717) is 24.2 Å². The van der Waals surface area contributed by atoms with Crippen molar-refractivity contribution in [3.63, 3.8) is 0 Å². The second-order valence-electron chi connectivity index (χ2n) is 9.07. The molecule has 1 N–H and O–H groups in total. The van der Waals surface area contributed by atoms with Crippen LogP contribution in [0.15, 0.2) is 78.9 Å². The third kappa shape index (κ3) is 5.83. The van der Waals surface area contributed by atoms with Crippen LogP contribution in [0.2, 0.25) is 0 Å². The number of para-hydroxylation sites is 1. The second-order valence-corrected chi connectivity index (χ2v) is 9.07. The minimum Gasteiger partial charge on any atom is -0.376 e. The van der Waals surface area contributed by atoms with E-state index in [4.69, 9.17) is 4.74 Å².